The van der Waals surface area contributed by atoms with Crippen LogP contribution in [0.15, 0.2) is 29.5 Å². The van der Waals surface area contributed by atoms with E-state index in [-0.39, 0.29) is 29.4 Å². The Morgan fingerprint density at radius 2 is 1.96 bits per heavy atom. The van der Waals surface area contributed by atoms with Crippen molar-refractivity contribution in [3.05, 3.63) is 30.1 Å². The summed E-state index contributed by atoms with van der Waals surface area (Å²) in [6.07, 6.45) is 8.90. The van der Waals surface area contributed by atoms with Gasteiger partial charge in [0.15, 0.2) is 5.96 Å². The number of aliphatic hydroxyl groups excluding tert-OH is 1. The molecule has 0 aliphatic heterocycles. The molecular weight excluding hydrogens is 455 g/mol. The van der Waals surface area contributed by atoms with Gasteiger partial charge >= 0.3 is 0 Å². The maximum Gasteiger partial charge on any atom is 0.191 e. The molecule has 0 spiro atoms. The number of pyridine rings is 1. The molecule has 1 aliphatic rings. The van der Waals surface area contributed by atoms with Crippen molar-refractivity contribution >= 4 is 29.9 Å². The highest BCUT2D eigenvalue weighted by atomic mass is 127. The zero-order valence-electron chi connectivity index (χ0n) is 16.6. The van der Waals surface area contributed by atoms with Crippen molar-refractivity contribution in [3.63, 3.8) is 0 Å². The summed E-state index contributed by atoms with van der Waals surface area (Å²) in [7, 11) is 0. The molecule has 6 nitrogen and oxygen atoms in total. The Bertz CT molecular complexity index is 536. The second kappa shape index (κ2) is 13.3. The minimum atomic E-state index is -0.583. The summed E-state index contributed by atoms with van der Waals surface area (Å²) in [6.45, 7) is 7.70. The molecule has 3 N–H and O–H groups in total. The van der Waals surface area contributed by atoms with Gasteiger partial charge in [0.1, 0.15) is 0 Å². The average molecular weight is 490 g/mol. The van der Waals surface area contributed by atoms with Crippen LogP contribution in [0.25, 0.3) is 0 Å². The number of aliphatic hydroxyl groups is 1. The van der Waals surface area contributed by atoms with Crippen molar-refractivity contribution in [1.29, 1.82) is 0 Å². The second-order valence-electron chi connectivity index (χ2n) is 7.03. The van der Waals surface area contributed by atoms with Gasteiger partial charge < -0.3 is 20.5 Å². The van der Waals surface area contributed by atoms with Gasteiger partial charge in [0, 0.05) is 45.2 Å². The van der Waals surface area contributed by atoms with Crippen LogP contribution in [0.2, 0.25) is 0 Å². The smallest absolute Gasteiger partial charge is 0.191 e. The van der Waals surface area contributed by atoms with E-state index >= 15 is 0 Å². The minimum Gasteiger partial charge on any atom is -0.387 e. The highest BCUT2D eigenvalue weighted by Crippen LogP contribution is 2.41. The predicted molar refractivity (Wildman–Crippen MR) is 121 cm³/mol. The Balaban J connectivity index is 0.00000364. The summed E-state index contributed by atoms with van der Waals surface area (Å²) in [5, 5.41) is 16.9. The fourth-order valence-corrected chi connectivity index (χ4v) is 3.53. The summed E-state index contributed by atoms with van der Waals surface area (Å²) in [4.78, 5) is 8.81. The summed E-state index contributed by atoms with van der Waals surface area (Å²) in [6, 6.07) is 3.66. The summed E-state index contributed by atoms with van der Waals surface area (Å²) in [5.74, 6) is 0.767. The van der Waals surface area contributed by atoms with Crippen molar-refractivity contribution in [2.45, 2.75) is 52.1 Å². The van der Waals surface area contributed by atoms with E-state index in [2.05, 4.69) is 22.5 Å². The maximum absolute atomic E-state index is 10.3. The minimum absolute atomic E-state index is 0. The zero-order valence-corrected chi connectivity index (χ0v) is 18.9. The first-order chi connectivity index (χ1) is 12.7. The number of nitrogens with zero attached hydrogens (tertiary/aromatic N) is 2. The summed E-state index contributed by atoms with van der Waals surface area (Å²) < 4.78 is 5.58. The summed E-state index contributed by atoms with van der Waals surface area (Å²) >= 11 is 0. The van der Waals surface area contributed by atoms with Crippen LogP contribution in [0.3, 0.4) is 0 Å². The fraction of sp³-hybridized carbons (Fsp3) is 0.700. The molecule has 1 aromatic rings. The van der Waals surface area contributed by atoms with E-state index in [9.17, 15) is 5.11 Å². The largest absolute Gasteiger partial charge is 0.387 e. The third-order valence-corrected chi connectivity index (χ3v) is 5.12. The molecule has 1 heterocycles. The number of nitrogens with one attached hydrogen (secondary N) is 2. The molecule has 7 heteroatoms. The zero-order chi connectivity index (χ0) is 18.7. The molecule has 0 bridgehead atoms. The highest BCUT2D eigenvalue weighted by Gasteiger charge is 2.33. The molecule has 154 valence electrons. The molecule has 1 aromatic heterocycles. The van der Waals surface area contributed by atoms with Crippen LogP contribution in [0, 0.1) is 5.41 Å². The van der Waals surface area contributed by atoms with Crippen molar-refractivity contribution in [2.75, 3.05) is 32.8 Å². The van der Waals surface area contributed by atoms with E-state index in [1.165, 1.54) is 25.7 Å². The van der Waals surface area contributed by atoms with Gasteiger partial charge in [-0.3, -0.25) is 9.98 Å². The highest BCUT2D eigenvalue weighted by molar-refractivity contribution is 14.0. The third kappa shape index (κ3) is 8.31. The van der Waals surface area contributed by atoms with Crippen molar-refractivity contribution in [3.8, 4) is 0 Å². The molecule has 1 atom stereocenters. The Morgan fingerprint density at radius 3 is 2.59 bits per heavy atom. The number of aromatic nitrogens is 1. The number of aliphatic imine (C=N–C) groups is 1. The van der Waals surface area contributed by atoms with E-state index in [4.69, 9.17) is 9.73 Å². The fourth-order valence-electron chi connectivity index (χ4n) is 3.53. The van der Waals surface area contributed by atoms with Gasteiger partial charge in [-0.05, 0) is 56.2 Å². The van der Waals surface area contributed by atoms with E-state index < -0.39 is 6.10 Å². The van der Waals surface area contributed by atoms with Crippen LogP contribution < -0.4 is 10.6 Å². The number of halogens is 1. The molecule has 1 unspecified atom stereocenters. The van der Waals surface area contributed by atoms with Crippen LogP contribution >= 0.6 is 24.0 Å². The first-order valence-corrected chi connectivity index (χ1v) is 9.87. The SMILES string of the molecule is CCNC(=NCC1(CCOCC)CCCC1)NCC(O)c1ccncc1.I. The number of rotatable bonds is 10. The topological polar surface area (TPSA) is 78.8 Å². The van der Waals surface area contributed by atoms with Crippen molar-refractivity contribution < 1.29 is 9.84 Å². The maximum atomic E-state index is 10.3. The first-order valence-electron chi connectivity index (χ1n) is 9.87. The van der Waals surface area contributed by atoms with Gasteiger partial charge in [0.25, 0.3) is 0 Å². The van der Waals surface area contributed by atoms with Gasteiger partial charge in [-0.15, -0.1) is 24.0 Å². The van der Waals surface area contributed by atoms with Gasteiger partial charge in [0.2, 0.25) is 0 Å². The van der Waals surface area contributed by atoms with Crippen LogP contribution in [0.4, 0.5) is 0 Å². The monoisotopic (exact) mass is 490 g/mol. The predicted octanol–water partition coefficient (Wildman–Crippen LogP) is 3.28. The first kappa shape index (κ1) is 24.1. The molecule has 1 saturated carbocycles. The van der Waals surface area contributed by atoms with Crippen molar-refractivity contribution in [1.82, 2.24) is 15.6 Å². The van der Waals surface area contributed by atoms with Crippen LogP contribution in [0.1, 0.15) is 57.6 Å². The lowest BCUT2D eigenvalue weighted by Crippen LogP contribution is -2.40. The van der Waals surface area contributed by atoms with E-state index in [1.807, 2.05) is 19.1 Å². The normalized spacial score (nSPS) is 17.2. The molecule has 1 aliphatic carbocycles. The number of hydrogen-bond donors (Lipinski definition) is 3. The lowest BCUT2D eigenvalue weighted by Gasteiger charge is -2.27. The van der Waals surface area contributed by atoms with Crippen LogP contribution in [-0.4, -0.2) is 48.9 Å². The Kier molecular flexibility index (Phi) is 11.9. The molecule has 2 rings (SSSR count). The second-order valence-corrected chi connectivity index (χ2v) is 7.03. The van der Waals surface area contributed by atoms with Gasteiger partial charge in [-0.2, -0.15) is 0 Å². The number of ether oxygens (including phenoxy) is 1. The average Bonchev–Trinajstić information content (AvgIpc) is 3.14. The number of hydrogen-bond acceptors (Lipinski definition) is 4. The third-order valence-electron chi connectivity index (χ3n) is 5.12. The molecule has 0 saturated heterocycles. The molecule has 1 fully saturated rings. The van der Waals surface area contributed by atoms with E-state index in [1.54, 1.807) is 12.4 Å². The molecule has 0 radical (unpaired) electrons. The Labute approximate surface area is 180 Å². The van der Waals surface area contributed by atoms with Crippen LogP contribution in [-0.2, 0) is 4.74 Å². The van der Waals surface area contributed by atoms with Gasteiger partial charge in [0.05, 0.1) is 6.10 Å². The molecular formula is C20H35IN4O2. The van der Waals surface area contributed by atoms with Crippen LogP contribution in [0.5, 0.6) is 0 Å². The number of guanidine groups is 1. The van der Waals surface area contributed by atoms with E-state index in [0.29, 0.717) is 6.54 Å². The van der Waals surface area contributed by atoms with Gasteiger partial charge in [-0.1, -0.05) is 12.8 Å². The Hall–Kier alpha value is -0.930. The van der Waals surface area contributed by atoms with Gasteiger partial charge in [-0.25, -0.2) is 0 Å². The van der Waals surface area contributed by atoms with E-state index in [0.717, 1.165) is 44.2 Å². The van der Waals surface area contributed by atoms with Crippen molar-refractivity contribution in [2.24, 2.45) is 10.4 Å². The Morgan fingerprint density at radius 1 is 1.26 bits per heavy atom. The quantitative estimate of drug-likeness (QED) is 0.203. The standard InChI is InChI=1S/C20H34N4O2.HI/c1-3-22-19(23-15-18(25)17-7-12-21-13-8-17)24-16-20(9-5-6-10-20)11-14-26-4-2;/h7-8,12-13,18,25H,3-6,9-11,14-16H2,1-2H3,(H2,22,23,24);1H. The summed E-state index contributed by atoms with van der Waals surface area (Å²) in [5.41, 5.74) is 1.12. The molecule has 0 aromatic carbocycles. The lowest BCUT2D eigenvalue weighted by atomic mass is 9.83. The molecule has 27 heavy (non-hydrogen) atoms. The molecule has 0 amide bonds. The lowest BCUT2D eigenvalue weighted by molar-refractivity contribution is 0.107.